The molecule has 3 nitrogen and oxygen atoms in total. The number of halogens is 1. The Morgan fingerprint density at radius 1 is 1.30 bits per heavy atom. The lowest BCUT2D eigenvalue weighted by Gasteiger charge is -2.37. The largest absolute Gasteiger partial charge is 0.494 e. The first kappa shape index (κ1) is 15.0. The molecular formula is C16H21FO3. The summed E-state index contributed by atoms with van der Waals surface area (Å²) in [5.41, 5.74) is -0.833. The van der Waals surface area contributed by atoms with Crippen LogP contribution in [0, 0.1) is 11.7 Å². The van der Waals surface area contributed by atoms with Gasteiger partial charge in [0.05, 0.1) is 12.7 Å². The second kappa shape index (κ2) is 5.92. The van der Waals surface area contributed by atoms with E-state index in [0.29, 0.717) is 18.8 Å². The third-order valence-electron chi connectivity index (χ3n) is 4.31. The molecule has 1 fully saturated rings. The molecule has 0 saturated heterocycles. The van der Waals surface area contributed by atoms with Gasteiger partial charge in [-0.2, -0.15) is 0 Å². The Morgan fingerprint density at radius 2 is 1.95 bits per heavy atom. The van der Waals surface area contributed by atoms with E-state index in [0.717, 1.165) is 12.8 Å². The van der Waals surface area contributed by atoms with Crippen LogP contribution in [0.3, 0.4) is 0 Å². The van der Waals surface area contributed by atoms with E-state index in [1.165, 1.54) is 26.4 Å². The molecule has 0 unspecified atom stereocenters. The molecule has 1 aromatic carbocycles. The van der Waals surface area contributed by atoms with Crippen LogP contribution < -0.4 is 4.74 Å². The Kier molecular flexibility index (Phi) is 4.43. The van der Waals surface area contributed by atoms with E-state index in [9.17, 15) is 9.18 Å². The van der Waals surface area contributed by atoms with Crippen LogP contribution in [0.2, 0.25) is 0 Å². The van der Waals surface area contributed by atoms with E-state index in [4.69, 9.17) is 9.47 Å². The summed E-state index contributed by atoms with van der Waals surface area (Å²) in [7, 11) is 2.92. The normalized spacial score (nSPS) is 26.3. The average molecular weight is 280 g/mol. The summed E-state index contributed by atoms with van der Waals surface area (Å²) in [5.74, 6) is -0.203. The van der Waals surface area contributed by atoms with Gasteiger partial charge in [-0.15, -0.1) is 0 Å². The summed E-state index contributed by atoms with van der Waals surface area (Å²) >= 11 is 0. The summed E-state index contributed by atoms with van der Waals surface area (Å²) in [6, 6.07) is 4.64. The van der Waals surface area contributed by atoms with Gasteiger partial charge >= 0.3 is 0 Å². The zero-order chi connectivity index (χ0) is 14.8. The van der Waals surface area contributed by atoms with Gasteiger partial charge in [0.25, 0.3) is 0 Å². The first-order valence-corrected chi connectivity index (χ1v) is 6.96. The van der Waals surface area contributed by atoms with Gasteiger partial charge in [0.2, 0.25) is 0 Å². The maximum absolute atomic E-state index is 14.3. The number of carbonyl (C=O) groups is 1. The van der Waals surface area contributed by atoms with E-state index in [1.54, 1.807) is 6.07 Å². The first-order chi connectivity index (χ1) is 9.54. The maximum Gasteiger partial charge on any atom is 0.197 e. The van der Waals surface area contributed by atoms with Crippen LogP contribution in [0.15, 0.2) is 18.2 Å². The number of carbonyl (C=O) groups excluding carboxylic acids is 1. The Bertz CT molecular complexity index is 490. The monoisotopic (exact) mass is 280 g/mol. The van der Waals surface area contributed by atoms with Crippen molar-refractivity contribution in [1.82, 2.24) is 0 Å². The molecule has 2 rings (SSSR count). The van der Waals surface area contributed by atoms with E-state index in [2.05, 4.69) is 6.92 Å². The lowest BCUT2D eigenvalue weighted by atomic mass is 9.75. The van der Waals surface area contributed by atoms with Gasteiger partial charge in [0.15, 0.2) is 17.3 Å². The summed E-state index contributed by atoms with van der Waals surface area (Å²) in [6.45, 7) is 2.16. The predicted octanol–water partition coefficient (Wildman–Crippen LogP) is 3.61. The van der Waals surface area contributed by atoms with Gasteiger partial charge in [0, 0.05) is 7.11 Å². The van der Waals surface area contributed by atoms with Crippen molar-refractivity contribution in [3.63, 3.8) is 0 Å². The molecule has 0 radical (unpaired) electrons. The van der Waals surface area contributed by atoms with Crippen LogP contribution in [0.25, 0.3) is 0 Å². The molecule has 0 amide bonds. The fraction of sp³-hybridized carbons (Fsp3) is 0.562. The average Bonchev–Trinajstić information content (AvgIpc) is 2.48. The molecule has 0 N–H and O–H groups in total. The standard InChI is InChI=1S/C16H21FO3/c1-11-7-9-16(20-3,10-8-11)15(18)12-5-4-6-13(19-2)14(12)17/h4-6,11H,7-10H2,1-3H3. The van der Waals surface area contributed by atoms with Gasteiger partial charge in [-0.1, -0.05) is 13.0 Å². The van der Waals surface area contributed by atoms with E-state index in [1.807, 2.05) is 0 Å². The smallest absolute Gasteiger partial charge is 0.197 e. The van der Waals surface area contributed by atoms with Crippen LogP contribution in [0.5, 0.6) is 5.75 Å². The van der Waals surface area contributed by atoms with Gasteiger partial charge < -0.3 is 9.47 Å². The molecule has 20 heavy (non-hydrogen) atoms. The molecule has 4 heteroatoms. The third kappa shape index (κ3) is 2.57. The van der Waals surface area contributed by atoms with Crippen molar-refractivity contribution in [3.05, 3.63) is 29.6 Å². The molecule has 1 aromatic rings. The Labute approximate surface area is 119 Å². The second-order valence-electron chi connectivity index (χ2n) is 5.53. The van der Waals surface area contributed by atoms with Gasteiger partial charge in [-0.05, 0) is 43.7 Å². The number of benzene rings is 1. The Morgan fingerprint density at radius 3 is 2.50 bits per heavy atom. The minimum Gasteiger partial charge on any atom is -0.494 e. The Balaban J connectivity index is 2.34. The maximum atomic E-state index is 14.3. The van der Waals surface area contributed by atoms with Crippen LogP contribution >= 0.6 is 0 Å². The summed E-state index contributed by atoms with van der Waals surface area (Å²) < 4.78 is 24.7. The molecule has 0 bridgehead atoms. The number of ether oxygens (including phenoxy) is 2. The third-order valence-corrected chi connectivity index (χ3v) is 4.31. The molecule has 0 aliphatic heterocycles. The van der Waals surface area contributed by atoms with Gasteiger partial charge in [0.1, 0.15) is 5.60 Å². The number of rotatable bonds is 4. The van der Waals surface area contributed by atoms with E-state index >= 15 is 0 Å². The highest BCUT2D eigenvalue weighted by Gasteiger charge is 2.42. The lowest BCUT2D eigenvalue weighted by Crippen LogP contribution is -2.44. The van der Waals surface area contributed by atoms with Crippen LogP contribution in [-0.2, 0) is 4.74 Å². The summed E-state index contributed by atoms with van der Waals surface area (Å²) in [4.78, 5) is 12.7. The van der Waals surface area contributed by atoms with Crippen LogP contribution in [0.1, 0.15) is 43.0 Å². The Hall–Kier alpha value is -1.42. The van der Waals surface area contributed by atoms with Gasteiger partial charge in [-0.25, -0.2) is 4.39 Å². The highest BCUT2D eigenvalue weighted by molar-refractivity contribution is 6.03. The van der Waals surface area contributed by atoms with Crippen molar-refractivity contribution in [3.8, 4) is 5.75 Å². The zero-order valence-electron chi connectivity index (χ0n) is 12.2. The van der Waals surface area contributed by atoms with Crippen molar-refractivity contribution in [2.24, 2.45) is 5.92 Å². The second-order valence-corrected chi connectivity index (χ2v) is 5.53. The van der Waals surface area contributed by atoms with Crippen LogP contribution in [0.4, 0.5) is 4.39 Å². The minimum absolute atomic E-state index is 0.0563. The van der Waals surface area contributed by atoms with Crippen molar-refractivity contribution in [1.29, 1.82) is 0 Å². The van der Waals surface area contributed by atoms with Crippen molar-refractivity contribution in [2.45, 2.75) is 38.2 Å². The van der Waals surface area contributed by atoms with Crippen molar-refractivity contribution < 1.29 is 18.7 Å². The predicted molar refractivity (Wildman–Crippen MR) is 74.7 cm³/mol. The van der Waals surface area contributed by atoms with Crippen molar-refractivity contribution in [2.75, 3.05) is 14.2 Å². The first-order valence-electron chi connectivity index (χ1n) is 6.96. The number of methoxy groups -OCH3 is 2. The number of Topliss-reactive ketones (excluding diaryl/α,β-unsaturated/α-hetero) is 1. The molecule has 1 saturated carbocycles. The molecule has 0 aromatic heterocycles. The SMILES string of the molecule is COc1cccc(C(=O)C2(OC)CCC(C)CC2)c1F. The molecule has 1 aliphatic rings. The van der Waals surface area contributed by atoms with E-state index in [-0.39, 0.29) is 17.1 Å². The zero-order valence-corrected chi connectivity index (χ0v) is 12.2. The highest BCUT2D eigenvalue weighted by Crippen LogP contribution is 2.37. The molecule has 0 atom stereocenters. The van der Waals surface area contributed by atoms with E-state index < -0.39 is 11.4 Å². The molecule has 0 spiro atoms. The molecule has 110 valence electrons. The minimum atomic E-state index is -0.889. The molecule has 0 heterocycles. The fourth-order valence-electron chi connectivity index (χ4n) is 2.84. The number of hydrogen-bond donors (Lipinski definition) is 0. The molecule has 1 aliphatic carbocycles. The van der Waals surface area contributed by atoms with Crippen LogP contribution in [-0.4, -0.2) is 25.6 Å². The molecular weight excluding hydrogens is 259 g/mol. The van der Waals surface area contributed by atoms with Crippen molar-refractivity contribution >= 4 is 5.78 Å². The quantitative estimate of drug-likeness (QED) is 0.790. The lowest BCUT2D eigenvalue weighted by molar-refractivity contribution is -0.0265. The highest BCUT2D eigenvalue weighted by atomic mass is 19.1. The summed E-state index contributed by atoms with van der Waals surface area (Å²) in [6.07, 6.45) is 3.12. The fourth-order valence-corrected chi connectivity index (χ4v) is 2.84. The summed E-state index contributed by atoms with van der Waals surface area (Å²) in [5, 5.41) is 0. The topological polar surface area (TPSA) is 35.5 Å². The number of ketones is 1. The van der Waals surface area contributed by atoms with Gasteiger partial charge in [-0.3, -0.25) is 4.79 Å². The number of hydrogen-bond acceptors (Lipinski definition) is 3.